The Morgan fingerprint density at radius 2 is 2.12 bits per heavy atom. The van der Waals surface area contributed by atoms with Crippen LogP contribution in [0.2, 0.25) is 0 Å². The summed E-state index contributed by atoms with van der Waals surface area (Å²) in [5.74, 6) is 0.545. The SMILES string of the molecule is C=CCCC(=O)N(C)CC1OCC(C)CO1. The van der Waals surface area contributed by atoms with Crippen LogP contribution in [-0.4, -0.2) is 43.9 Å². The summed E-state index contributed by atoms with van der Waals surface area (Å²) in [6, 6.07) is 0. The molecule has 0 N–H and O–H groups in total. The molecule has 0 spiro atoms. The maximum absolute atomic E-state index is 11.6. The first-order valence-corrected chi connectivity index (χ1v) is 5.71. The van der Waals surface area contributed by atoms with E-state index < -0.39 is 0 Å². The summed E-state index contributed by atoms with van der Waals surface area (Å²) in [6.45, 7) is 7.59. The molecule has 0 aliphatic carbocycles. The van der Waals surface area contributed by atoms with Crippen LogP contribution in [-0.2, 0) is 14.3 Å². The molecule has 0 unspecified atom stereocenters. The molecular formula is C12H21NO3. The highest BCUT2D eigenvalue weighted by Crippen LogP contribution is 2.11. The van der Waals surface area contributed by atoms with E-state index >= 15 is 0 Å². The van der Waals surface area contributed by atoms with Crippen molar-refractivity contribution in [3.63, 3.8) is 0 Å². The van der Waals surface area contributed by atoms with E-state index in [4.69, 9.17) is 9.47 Å². The highest BCUT2D eigenvalue weighted by Gasteiger charge is 2.21. The van der Waals surface area contributed by atoms with Crippen LogP contribution < -0.4 is 0 Å². The zero-order valence-electron chi connectivity index (χ0n) is 10.1. The fourth-order valence-electron chi connectivity index (χ4n) is 1.49. The summed E-state index contributed by atoms with van der Waals surface area (Å²) in [6.07, 6.45) is 2.70. The maximum Gasteiger partial charge on any atom is 0.222 e. The third-order valence-corrected chi connectivity index (χ3v) is 2.54. The van der Waals surface area contributed by atoms with Gasteiger partial charge in [0.1, 0.15) is 0 Å². The number of hydrogen-bond acceptors (Lipinski definition) is 3. The molecule has 92 valence electrons. The van der Waals surface area contributed by atoms with Gasteiger partial charge in [0, 0.05) is 19.4 Å². The van der Waals surface area contributed by atoms with Crippen molar-refractivity contribution in [3.05, 3.63) is 12.7 Å². The number of hydrogen-bond donors (Lipinski definition) is 0. The van der Waals surface area contributed by atoms with Gasteiger partial charge in [-0.15, -0.1) is 6.58 Å². The third-order valence-electron chi connectivity index (χ3n) is 2.54. The second kappa shape index (κ2) is 6.66. The largest absolute Gasteiger partial charge is 0.350 e. The summed E-state index contributed by atoms with van der Waals surface area (Å²) in [5, 5.41) is 0. The van der Waals surface area contributed by atoms with Crippen LogP contribution in [0.4, 0.5) is 0 Å². The number of likely N-dealkylation sites (N-methyl/N-ethyl adjacent to an activating group) is 1. The zero-order chi connectivity index (χ0) is 12.0. The second-order valence-corrected chi connectivity index (χ2v) is 4.30. The van der Waals surface area contributed by atoms with E-state index in [0.29, 0.717) is 38.5 Å². The molecule has 16 heavy (non-hydrogen) atoms. The minimum absolute atomic E-state index is 0.103. The van der Waals surface area contributed by atoms with Gasteiger partial charge in [0.2, 0.25) is 5.91 Å². The number of nitrogens with zero attached hydrogens (tertiary/aromatic N) is 1. The molecule has 1 rings (SSSR count). The Labute approximate surface area is 97.2 Å². The van der Waals surface area contributed by atoms with E-state index in [1.54, 1.807) is 18.0 Å². The quantitative estimate of drug-likeness (QED) is 0.667. The molecule has 1 aliphatic rings. The van der Waals surface area contributed by atoms with Crippen LogP contribution in [0.5, 0.6) is 0 Å². The van der Waals surface area contributed by atoms with Crippen molar-refractivity contribution in [1.82, 2.24) is 4.90 Å². The Balaban J connectivity index is 2.25. The first-order chi connectivity index (χ1) is 7.63. The van der Waals surface area contributed by atoms with Gasteiger partial charge in [-0.3, -0.25) is 4.79 Å². The maximum atomic E-state index is 11.6. The summed E-state index contributed by atoms with van der Waals surface area (Å²) in [4.78, 5) is 13.3. The average Bonchev–Trinajstić information content (AvgIpc) is 2.29. The first-order valence-electron chi connectivity index (χ1n) is 5.71. The smallest absolute Gasteiger partial charge is 0.222 e. The molecule has 4 nitrogen and oxygen atoms in total. The Kier molecular flexibility index (Phi) is 5.49. The van der Waals surface area contributed by atoms with E-state index in [0.717, 1.165) is 0 Å². The van der Waals surface area contributed by atoms with Gasteiger partial charge < -0.3 is 14.4 Å². The van der Waals surface area contributed by atoms with Crippen molar-refractivity contribution in [2.75, 3.05) is 26.8 Å². The molecule has 1 aliphatic heterocycles. The van der Waals surface area contributed by atoms with Gasteiger partial charge in [-0.1, -0.05) is 13.0 Å². The molecule has 0 saturated carbocycles. The summed E-state index contributed by atoms with van der Waals surface area (Å²) in [7, 11) is 1.77. The van der Waals surface area contributed by atoms with Crippen molar-refractivity contribution < 1.29 is 14.3 Å². The summed E-state index contributed by atoms with van der Waals surface area (Å²) in [5.41, 5.74) is 0. The molecule has 0 aromatic rings. The molecule has 0 radical (unpaired) electrons. The number of ether oxygens (including phenoxy) is 2. The third kappa shape index (κ3) is 4.33. The van der Waals surface area contributed by atoms with Gasteiger partial charge in [0.05, 0.1) is 19.8 Å². The molecule has 0 aromatic heterocycles. The first kappa shape index (κ1) is 13.2. The number of carbonyl (C=O) groups excluding carboxylic acids is 1. The lowest BCUT2D eigenvalue weighted by Crippen LogP contribution is -2.41. The van der Waals surface area contributed by atoms with Gasteiger partial charge in [0.25, 0.3) is 0 Å². The lowest BCUT2D eigenvalue weighted by Gasteiger charge is -2.30. The predicted molar refractivity (Wildman–Crippen MR) is 61.9 cm³/mol. The summed E-state index contributed by atoms with van der Waals surface area (Å²) >= 11 is 0. The average molecular weight is 227 g/mol. The monoisotopic (exact) mass is 227 g/mol. The van der Waals surface area contributed by atoms with Crippen molar-refractivity contribution >= 4 is 5.91 Å². The van der Waals surface area contributed by atoms with Gasteiger partial charge >= 0.3 is 0 Å². The van der Waals surface area contributed by atoms with Crippen LogP contribution in [0, 0.1) is 5.92 Å². The molecule has 0 atom stereocenters. The van der Waals surface area contributed by atoms with Crippen LogP contribution in [0.1, 0.15) is 19.8 Å². The summed E-state index contributed by atoms with van der Waals surface area (Å²) < 4.78 is 11.0. The molecule has 1 saturated heterocycles. The van der Waals surface area contributed by atoms with Crippen molar-refractivity contribution in [2.24, 2.45) is 5.92 Å². The number of carbonyl (C=O) groups is 1. The van der Waals surface area contributed by atoms with E-state index in [-0.39, 0.29) is 12.2 Å². The fraction of sp³-hybridized carbons (Fsp3) is 0.750. The Morgan fingerprint density at radius 3 is 2.69 bits per heavy atom. The van der Waals surface area contributed by atoms with E-state index in [9.17, 15) is 4.79 Å². The van der Waals surface area contributed by atoms with E-state index in [1.807, 2.05) is 0 Å². The van der Waals surface area contributed by atoms with Crippen molar-refractivity contribution in [3.8, 4) is 0 Å². The lowest BCUT2D eigenvalue weighted by atomic mass is 10.2. The number of rotatable bonds is 5. The van der Waals surface area contributed by atoms with Crippen LogP contribution in [0.15, 0.2) is 12.7 Å². The van der Waals surface area contributed by atoms with Gasteiger partial charge in [0.15, 0.2) is 6.29 Å². The fourth-order valence-corrected chi connectivity index (χ4v) is 1.49. The van der Waals surface area contributed by atoms with E-state index in [1.165, 1.54) is 0 Å². The van der Waals surface area contributed by atoms with E-state index in [2.05, 4.69) is 13.5 Å². The molecular weight excluding hydrogens is 206 g/mol. The standard InChI is InChI=1S/C12H21NO3/c1-4-5-6-11(14)13(3)7-12-15-8-10(2)9-16-12/h4,10,12H,1,5-9H2,2-3H3. The van der Waals surface area contributed by atoms with Gasteiger partial charge in [-0.25, -0.2) is 0 Å². The minimum atomic E-state index is -0.270. The molecule has 4 heteroatoms. The molecule has 1 amide bonds. The van der Waals surface area contributed by atoms with Crippen LogP contribution in [0.3, 0.4) is 0 Å². The molecule has 1 fully saturated rings. The minimum Gasteiger partial charge on any atom is -0.350 e. The van der Waals surface area contributed by atoms with Gasteiger partial charge in [-0.05, 0) is 6.42 Å². The van der Waals surface area contributed by atoms with Crippen LogP contribution in [0.25, 0.3) is 0 Å². The lowest BCUT2D eigenvalue weighted by molar-refractivity contribution is -0.204. The van der Waals surface area contributed by atoms with Gasteiger partial charge in [-0.2, -0.15) is 0 Å². The van der Waals surface area contributed by atoms with Crippen LogP contribution >= 0.6 is 0 Å². The highest BCUT2D eigenvalue weighted by molar-refractivity contribution is 5.75. The van der Waals surface area contributed by atoms with Crippen molar-refractivity contribution in [2.45, 2.75) is 26.1 Å². The zero-order valence-corrected chi connectivity index (χ0v) is 10.1. The highest BCUT2D eigenvalue weighted by atomic mass is 16.7. The molecule has 0 bridgehead atoms. The predicted octanol–water partition coefficient (Wildman–Crippen LogP) is 1.42. The second-order valence-electron chi connectivity index (χ2n) is 4.30. The van der Waals surface area contributed by atoms with Crippen molar-refractivity contribution in [1.29, 1.82) is 0 Å². The normalized spacial score (nSPS) is 25.1. The number of allylic oxidation sites excluding steroid dienone is 1. The molecule has 0 aromatic carbocycles. The Bertz CT molecular complexity index is 234. The Hall–Kier alpha value is -0.870. The number of amides is 1. The molecule has 1 heterocycles. The topological polar surface area (TPSA) is 38.8 Å². The Morgan fingerprint density at radius 1 is 1.50 bits per heavy atom.